The van der Waals surface area contributed by atoms with Gasteiger partial charge in [0.05, 0.1) is 0 Å². The van der Waals surface area contributed by atoms with Gasteiger partial charge in [0.15, 0.2) is 0 Å². The molecule has 0 saturated carbocycles. The van der Waals surface area contributed by atoms with Gasteiger partial charge < -0.3 is 5.11 Å². The summed E-state index contributed by atoms with van der Waals surface area (Å²) in [5.41, 5.74) is 4.72. The molecule has 0 bridgehead atoms. The number of hydrogen-bond donors (Lipinski definition) is 1. The summed E-state index contributed by atoms with van der Waals surface area (Å²) in [5.74, 6) is -0.929. The Bertz CT molecular complexity index is 657. The minimum atomic E-state index is -0.929. The minimum Gasteiger partial charge on any atom is -0.478 e. The van der Waals surface area contributed by atoms with Gasteiger partial charge in [0.2, 0.25) is 0 Å². The second-order valence-corrected chi connectivity index (χ2v) is 4.40. The van der Waals surface area contributed by atoms with Crippen molar-refractivity contribution in [3.05, 3.63) is 76.9 Å². The Balaban J connectivity index is 2.34. The normalized spacial score (nSPS) is 12.3. The molecule has 0 heterocycles. The van der Waals surface area contributed by atoms with Crippen LogP contribution in [0, 0.1) is 0 Å². The molecule has 0 atom stereocenters. The molecule has 1 aliphatic rings. The highest BCUT2D eigenvalue weighted by atomic mass is 16.4. The van der Waals surface area contributed by atoms with Crippen LogP contribution < -0.4 is 0 Å². The van der Waals surface area contributed by atoms with Crippen molar-refractivity contribution in [3.63, 3.8) is 0 Å². The maximum Gasteiger partial charge on any atom is 0.328 e. The van der Waals surface area contributed by atoms with Crippen LogP contribution in [-0.4, -0.2) is 11.1 Å². The lowest BCUT2D eigenvalue weighted by Gasteiger charge is -2.10. The quantitative estimate of drug-likeness (QED) is 0.667. The zero-order valence-electron chi connectivity index (χ0n) is 10.2. The van der Waals surface area contributed by atoms with E-state index < -0.39 is 5.97 Å². The van der Waals surface area contributed by atoms with E-state index in [9.17, 15) is 4.79 Å². The van der Waals surface area contributed by atoms with Crippen molar-refractivity contribution in [1.29, 1.82) is 0 Å². The summed E-state index contributed by atoms with van der Waals surface area (Å²) in [5, 5.41) is 9.11. The molecule has 0 spiro atoms. The third-order valence-corrected chi connectivity index (χ3v) is 3.21. The van der Waals surface area contributed by atoms with Crippen LogP contribution in [0.15, 0.2) is 54.6 Å². The molecule has 1 N–H and O–H groups in total. The second-order valence-electron chi connectivity index (χ2n) is 4.40. The number of hydrogen-bond acceptors (Lipinski definition) is 1. The van der Waals surface area contributed by atoms with Crippen molar-refractivity contribution in [1.82, 2.24) is 0 Å². The third-order valence-electron chi connectivity index (χ3n) is 3.21. The van der Waals surface area contributed by atoms with Crippen molar-refractivity contribution in [2.75, 3.05) is 0 Å². The first-order valence-electron chi connectivity index (χ1n) is 6.07. The molecule has 0 aromatic heterocycles. The van der Waals surface area contributed by atoms with E-state index in [1.165, 1.54) is 6.08 Å². The molecule has 0 unspecified atom stereocenters. The molecule has 0 saturated heterocycles. The number of benzene rings is 2. The summed E-state index contributed by atoms with van der Waals surface area (Å²) in [6.45, 7) is 0. The SMILES string of the molecule is O=C(O)C=C1c2ccccc2C=Cc2ccccc21. The molecule has 3 rings (SSSR count). The molecule has 92 valence electrons. The minimum absolute atomic E-state index is 0.753. The third kappa shape index (κ3) is 2.08. The van der Waals surface area contributed by atoms with Crippen molar-refractivity contribution >= 4 is 23.7 Å². The maximum absolute atomic E-state index is 11.1. The van der Waals surface area contributed by atoms with Gasteiger partial charge in [0.25, 0.3) is 0 Å². The molecule has 0 radical (unpaired) electrons. The van der Waals surface area contributed by atoms with Crippen molar-refractivity contribution in [2.24, 2.45) is 0 Å². The maximum atomic E-state index is 11.1. The fourth-order valence-electron chi connectivity index (χ4n) is 2.38. The van der Waals surface area contributed by atoms with Gasteiger partial charge in [-0.2, -0.15) is 0 Å². The summed E-state index contributed by atoms with van der Waals surface area (Å²) in [4.78, 5) is 11.1. The highest BCUT2D eigenvalue weighted by molar-refractivity contribution is 6.00. The van der Waals surface area contributed by atoms with E-state index in [0.29, 0.717) is 0 Å². The number of aliphatic carboxylic acids is 1. The Kier molecular flexibility index (Phi) is 2.76. The topological polar surface area (TPSA) is 37.3 Å². The predicted molar refractivity (Wildman–Crippen MR) is 76.5 cm³/mol. The number of carboxylic acids is 1. The number of fused-ring (bicyclic) bond motifs is 2. The Morgan fingerprint density at radius 2 is 1.32 bits per heavy atom. The van der Waals surface area contributed by atoms with E-state index in [0.717, 1.165) is 27.8 Å². The number of carboxylic acid groups (broad SMARTS) is 1. The molecular formula is C17H12O2. The lowest BCUT2D eigenvalue weighted by atomic mass is 9.93. The Morgan fingerprint density at radius 3 is 1.79 bits per heavy atom. The summed E-state index contributed by atoms with van der Waals surface area (Å²) < 4.78 is 0. The van der Waals surface area contributed by atoms with Crippen LogP contribution in [0.1, 0.15) is 22.3 Å². The summed E-state index contributed by atoms with van der Waals surface area (Å²) in [6.07, 6.45) is 5.33. The van der Waals surface area contributed by atoms with E-state index >= 15 is 0 Å². The average Bonchev–Trinajstić information content (AvgIpc) is 2.57. The van der Waals surface area contributed by atoms with Crippen molar-refractivity contribution in [3.8, 4) is 0 Å². The van der Waals surface area contributed by atoms with Crippen LogP contribution in [-0.2, 0) is 4.79 Å². The average molecular weight is 248 g/mol. The molecular weight excluding hydrogens is 236 g/mol. The first-order chi connectivity index (χ1) is 9.25. The van der Waals surface area contributed by atoms with Crippen molar-refractivity contribution in [2.45, 2.75) is 0 Å². The first-order valence-corrected chi connectivity index (χ1v) is 6.07. The van der Waals surface area contributed by atoms with Gasteiger partial charge in [-0.1, -0.05) is 60.7 Å². The summed E-state index contributed by atoms with van der Waals surface area (Å²) in [6, 6.07) is 15.7. The largest absolute Gasteiger partial charge is 0.478 e. The highest BCUT2D eigenvalue weighted by Crippen LogP contribution is 2.33. The zero-order chi connectivity index (χ0) is 13.2. The first kappa shape index (κ1) is 11.5. The highest BCUT2D eigenvalue weighted by Gasteiger charge is 2.15. The van der Waals surface area contributed by atoms with Gasteiger partial charge in [-0.3, -0.25) is 0 Å². The van der Waals surface area contributed by atoms with Gasteiger partial charge in [0.1, 0.15) is 0 Å². The van der Waals surface area contributed by atoms with Crippen molar-refractivity contribution < 1.29 is 9.90 Å². The fourth-order valence-corrected chi connectivity index (χ4v) is 2.38. The Morgan fingerprint density at radius 1 is 0.842 bits per heavy atom. The van der Waals surface area contributed by atoms with Crippen LogP contribution in [0.2, 0.25) is 0 Å². The second kappa shape index (κ2) is 4.58. The zero-order valence-corrected chi connectivity index (χ0v) is 10.2. The fraction of sp³-hybridized carbons (Fsp3) is 0. The number of rotatable bonds is 1. The van der Waals surface area contributed by atoms with Gasteiger partial charge in [-0.25, -0.2) is 4.79 Å². The van der Waals surface area contributed by atoms with E-state index in [-0.39, 0.29) is 0 Å². The number of carbonyl (C=O) groups is 1. The molecule has 2 aromatic rings. The van der Waals surface area contributed by atoms with E-state index in [2.05, 4.69) is 0 Å². The van der Waals surface area contributed by atoms with E-state index in [1.54, 1.807) is 0 Å². The monoisotopic (exact) mass is 248 g/mol. The van der Waals surface area contributed by atoms with Gasteiger partial charge in [0, 0.05) is 6.08 Å². The smallest absolute Gasteiger partial charge is 0.328 e. The lowest BCUT2D eigenvalue weighted by Crippen LogP contribution is -1.96. The molecule has 0 aliphatic heterocycles. The molecule has 1 aliphatic carbocycles. The van der Waals surface area contributed by atoms with Crippen LogP contribution >= 0.6 is 0 Å². The van der Waals surface area contributed by atoms with Gasteiger partial charge in [-0.15, -0.1) is 0 Å². The summed E-state index contributed by atoms with van der Waals surface area (Å²) in [7, 11) is 0. The van der Waals surface area contributed by atoms with Gasteiger partial charge in [-0.05, 0) is 27.8 Å². The van der Waals surface area contributed by atoms with Gasteiger partial charge >= 0.3 is 5.97 Å². The van der Waals surface area contributed by atoms with E-state index in [1.807, 2.05) is 60.7 Å². The van der Waals surface area contributed by atoms with Crippen LogP contribution in [0.25, 0.3) is 17.7 Å². The molecule has 2 aromatic carbocycles. The summed E-state index contributed by atoms with van der Waals surface area (Å²) >= 11 is 0. The van der Waals surface area contributed by atoms with Crippen LogP contribution in [0.5, 0.6) is 0 Å². The molecule has 0 amide bonds. The lowest BCUT2D eigenvalue weighted by molar-refractivity contribution is -0.131. The molecule has 2 nitrogen and oxygen atoms in total. The Hall–Kier alpha value is -2.61. The predicted octanol–water partition coefficient (Wildman–Crippen LogP) is 3.69. The standard InChI is InChI=1S/C17H12O2/c18-17(19)11-16-14-7-3-1-5-12(14)9-10-13-6-2-4-8-15(13)16/h1-11H,(H,18,19). The Labute approximate surface area is 111 Å². The van der Waals surface area contributed by atoms with Crippen LogP contribution in [0.4, 0.5) is 0 Å². The van der Waals surface area contributed by atoms with Crippen LogP contribution in [0.3, 0.4) is 0 Å². The molecule has 0 fully saturated rings. The molecule has 2 heteroatoms. The molecule has 19 heavy (non-hydrogen) atoms. The van der Waals surface area contributed by atoms with E-state index in [4.69, 9.17) is 5.11 Å².